The Bertz CT molecular complexity index is 1070. The maximum Gasteiger partial charge on any atom is 0.195 e. The fourth-order valence-electron chi connectivity index (χ4n) is 4.19. The molecule has 1 aliphatic rings. The number of nitrogens with zero attached hydrogens (tertiary/aromatic N) is 2. The monoisotopic (exact) mass is 515 g/mol. The third-order valence-electron chi connectivity index (χ3n) is 7.79. The van der Waals surface area contributed by atoms with Gasteiger partial charge >= 0.3 is 0 Å². The van der Waals surface area contributed by atoms with E-state index in [-0.39, 0.29) is 5.04 Å². The summed E-state index contributed by atoms with van der Waals surface area (Å²) in [6, 6.07) is 9.91. The Morgan fingerprint density at radius 1 is 1.14 bits per heavy atom. The maximum absolute atomic E-state index is 7.28. The number of guanidine groups is 1. The molecule has 0 fully saturated rings. The van der Waals surface area contributed by atoms with E-state index in [1.54, 1.807) is 0 Å². The summed E-state index contributed by atoms with van der Waals surface area (Å²) in [5.74, 6) is 0.308. The molecule has 2 heterocycles. The van der Waals surface area contributed by atoms with Crippen LogP contribution in [0.15, 0.2) is 41.5 Å². The zero-order valence-corrected chi connectivity index (χ0v) is 24.1. The van der Waals surface area contributed by atoms with Gasteiger partial charge in [0.05, 0.1) is 11.9 Å². The van der Waals surface area contributed by atoms with Crippen LogP contribution in [0.1, 0.15) is 70.7 Å². The van der Waals surface area contributed by atoms with Gasteiger partial charge in [0, 0.05) is 34.7 Å². The number of nitrogens with one attached hydrogen (secondary N) is 1. The summed E-state index contributed by atoms with van der Waals surface area (Å²) in [5, 5.41) is 3.99. The van der Waals surface area contributed by atoms with Crippen LogP contribution in [0, 0.1) is 5.41 Å². The molecule has 0 saturated heterocycles. The standard InChI is InChI=1S/C27H42ClN5OSi/c1-8-9-14-26(5,18-34-35(6,7)25(2,3)4)27(30)22-16-21(15-19-10-12-20(28)13-11-19)31-17-23(22)32-24(29)33-27/h10-13,16-17H,8-9,14-15,18,30H2,1-7H3,(H3,29,32,33). The lowest BCUT2D eigenvalue weighted by Gasteiger charge is -2.48. The van der Waals surface area contributed by atoms with Gasteiger partial charge in [0.25, 0.3) is 0 Å². The van der Waals surface area contributed by atoms with Crippen molar-refractivity contribution in [1.82, 2.24) is 4.98 Å². The summed E-state index contributed by atoms with van der Waals surface area (Å²) in [4.78, 5) is 9.54. The van der Waals surface area contributed by atoms with E-state index in [1.165, 1.54) is 0 Å². The summed E-state index contributed by atoms with van der Waals surface area (Å²) in [6.07, 6.45) is 5.45. The first-order valence-corrected chi connectivity index (χ1v) is 15.8. The number of halogens is 1. The van der Waals surface area contributed by atoms with Crippen LogP contribution in [0.3, 0.4) is 0 Å². The zero-order valence-electron chi connectivity index (χ0n) is 22.3. The lowest BCUT2D eigenvalue weighted by molar-refractivity contribution is 0.0518. The van der Waals surface area contributed by atoms with Gasteiger partial charge in [0.15, 0.2) is 14.3 Å². The molecule has 3 rings (SSSR count). The summed E-state index contributed by atoms with van der Waals surface area (Å²) >= 11 is 6.07. The molecule has 2 atom stereocenters. The highest BCUT2D eigenvalue weighted by atomic mass is 35.5. The number of hydrogen-bond acceptors (Lipinski definition) is 6. The lowest BCUT2D eigenvalue weighted by atomic mass is 9.70. The predicted octanol–water partition coefficient (Wildman–Crippen LogP) is 6.40. The number of hydrogen-bond donors (Lipinski definition) is 3. The fourth-order valence-corrected chi connectivity index (χ4v) is 5.43. The van der Waals surface area contributed by atoms with E-state index in [4.69, 9.17) is 32.5 Å². The molecule has 1 aliphatic heterocycles. The normalized spacial score (nSPS) is 20.0. The van der Waals surface area contributed by atoms with E-state index >= 15 is 0 Å². The Kier molecular flexibility index (Phi) is 8.06. The van der Waals surface area contributed by atoms with Gasteiger partial charge in [0.1, 0.15) is 5.66 Å². The molecule has 0 amide bonds. The molecule has 6 nitrogen and oxygen atoms in total. The molecular weight excluding hydrogens is 474 g/mol. The number of aliphatic imine (C=N–C) groups is 1. The third kappa shape index (κ3) is 5.90. The topological polar surface area (TPSA) is 98.5 Å². The zero-order chi connectivity index (χ0) is 26.1. The molecule has 0 aliphatic carbocycles. The van der Waals surface area contributed by atoms with Crippen LogP contribution in [0.5, 0.6) is 0 Å². The first kappa shape index (κ1) is 27.7. The van der Waals surface area contributed by atoms with Crippen LogP contribution in [-0.2, 0) is 16.5 Å². The van der Waals surface area contributed by atoms with Gasteiger partial charge in [0.2, 0.25) is 0 Å². The average molecular weight is 516 g/mol. The third-order valence-corrected chi connectivity index (χ3v) is 12.5. The van der Waals surface area contributed by atoms with E-state index in [0.29, 0.717) is 19.0 Å². The second-order valence-corrected chi connectivity index (χ2v) is 16.9. The second kappa shape index (κ2) is 10.2. The second-order valence-electron chi connectivity index (χ2n) is 11.6. The molecule has 192 valence electrons. The highest BCUT2D eigenvalue weighted by molar-refractivity contribution is 6.74. The van der Waals surface area contributed by atoms with Crippen molar-refractivity contribution < 1.29 is 4.43 Å². The summed E-state index contributed by atoms with van der Waals surface area (Å²) in [6.45, 7) is 16.2. The molecule has 0 radical (unpaired) electrons. The van der Waals surface area contributed by atoms with E-state index < -0.39 is 19.4 Å². The van der Waals surface area contributed by atoms with Gasteiger partial charge in [-0.25, -0.2) is 4.99 Å². The molecule has 0 bridgehead atoms. The van der Waals surface area contributed by atoms with Crippen LogP contribution in [0.25, 0.3) is 0 Å². The fraction of sp³-hybridized carbons (Fsp3) is 0.556. The van der Waals surface area contributed by atoms with Gasteiger partial charge in [-0.3, -0.25) is 4.98 Å². The van der Waals surface area contributed by atoms with Crippen molar-refractivity contribution in [3.05, 3.63) is 58.4 Å². The molecule has 1 aromatic carbocycles. The lowest BCUT2D eigenvalue weighted by Crippen LogP contribution is -2.57. The molecule has 2 unspecified atom stereocenters. The molecule has 8 heteroatoms. The molecular formula is C27H42ClN5OSi. The van der Waals surface area contributed by atoms with Gasteiger partial charge in [-0.2, -0.15) is 0 Å². The van der Waals surface area contributed by atoms with Crippen molar-refractivity contribution in [1.29, 1.82) is 0 Å². The first-order chi connectivity index (χ1) is 16.2. The van der Waals surface area contributed by atoms with Gasteiger partial charge in [-0.05, 0) is 48.3 Å². The molecule has 1 aromatic heterocycles. The Hall–Kier alpha value is -1.93. The minimum absolute atomic E-state index is 0.102. The molecule has 0 saturated carbocycles. The number of benzene rings is 1. The average Bonchev–Trinajstić information content (AvgIpc) is 2.77. The SMILES string of the molecule is CCCCC(C)(CO[Si](C)(C)C(C)(C)C)C1(N)N=C(N)Nc2cnc(Cc3ccc(Cl)cc3)cc21. The van der Waals surface area contributed by atoms with Crippen molar-refractivity contribution in [3.8, 4) is 0 Å². The Morgan fingerprint density at radius 2 is 1.80 bits per heavy atom. The summed E-state index contributed by atoms with van der Waals surface area (Å²) in [7, 11) is -2.00. The smallest absolute Gasteiger partial charge is 0.195 e. The van der Waals surface area contributed by atoms with Crippen molar-refractivity contribution in [2.24, 2.45) is 21.9 Å². The number of nitrogens with two attached hydrogens (primary N) is 2. The van der Waals surface area contributed by atoms with Crippen LogP contribution >= 0.6 is 11.6 Å². The number of pyridine rings is 1. The van der Waals surface area contributed by atoms with Crippen molar-refractivity contribution >= 4 is 31.6 Å². The quantitative estimate of drug-likeness (QED) is 0.336. The van der Waals surface area contributed by atoms with Gasteiger partial charge in [-0.1, -0.05) is 71.2 Å². The highest BCUT2D eigenvalue weighted by Crippen LogP contribution is 2.48. The van der Waals surface area contributed by atoms with E-state index in [9.17, 15) is 0 Å². The number of anilines is 1. The number of fused-ring (bicyclic) bond motifs is 1. The van der Waals surface area contributed by atoms with E-state index in [1.807, 2.05) is 30.5 Å². The van der Waals surface area contributed by atoms with E-state index in [2.05, 4.69) is 64.1 Å². The Labute approximate surface area is 217 Å². The number of unbranched alkanes of at least 4 members (excludes halogenated alkanes) is 1. The number of aromatic nitrogens is 1. The minimum Gasteiger partial charge on any atom is -0.416 e. The van der Waals surface area contributed by atoms with Crippen LogP contribution in [-0.4, -0.2) is 25.9 Å². The number of rotatable bonds is 9. The Balaban J connectivity index is 2.03. The molecule has 0 spiro atoms. The van der Waals surface area contributed by atoms with Gasteiger partial charge < -0.3 is 21.2 Å². The molecule has 2 aromatic rings. The van der Waals surface area contributed by atoms with Crippen molar-refractivity contribution in [2.75, 3.05) is 11.9 Å². The summed E-state index contributed by atoms with van der Waals surface area (Å²) in [5.41, 5.74) is 15.8. The highest BCUT2D eigenvalue weighted by Gasteiger charge is 2.51. The van der Waals surface area contributed by atoms with Gasteiger partial charge in [-0.15, -0.1) is 0 Å². The predicted molar refractivity (Wildman–Crippen MR) is 150 cm³/mol. The largest absolute Gasteiger partial charge is 0.416 e. The van der Waals surface area contributed by atoms with Crippen LogP contribution < -0.4 is 16.8 Å². The van der Waals surface area contributed by atoms with Crippen LogP contribution in [0.2, 0.25) is 23.2 Å². The summed E-state index contributed by atoms with van der Waals surface area (Å²) < 4.78 is 6.76. The minimum atomic E-state index is -2.00. The van der Waals surface area contributed by atoms with E-state index in [0.717, 1.165) is 46.8 Å². The maximum atomic E-state index is 7.28. The van der Waals surface area contributed by atoms with Crippen molar-refractivity contribution in [2.45, 2.75) is 84.1 Å². The van der Waals surface area contributed by atoms with Crippen LogP contribution in [0.4, 0.5) is 5.69 Å². The first-order valence-electron chi connectivity index (χ1n) is 12.5. The van der Waals surface area contributed by atoms with Crippen molar-refractivity contribution in [3.63, 3.8) is 0 Å². The molecule has 35 heavy (non-hydrogen) atoms. The Morgan fingerprint density at radius 3 is 2.40 bits per heavy atom. The molecule has 5 N–H and O–H groups in total.